The molecule has 1 aliphatic carbocycles. The van der Waals surface area contributed by atoms with Crippen LogP contribution in [0.1, 0.15) is 40.2 Å². The highest BCUT2D eigenvalue weighted by Gasteiger charge is 2.44. The number of carbonyl (C=O) groups is 1. The van der Waals surface area contributed by atoms with Crippen molar-refractivity contribution in [1.29, 1.82) is 5.26 Å². The van der Waals surface area contributed by atoms with Gasteiger partial charge >= 0.3 is 0 Å². The minimum atomic E-state index is -0.293. The van der Waals surface area contributed by atoms with Crippen molar-refractivity contribution in [3.8, 4) is 6.07 Å². The van der Waals surface area contributed by atoms with Crippen molar-refractivity contribution in [1.82, 2.24) is 9.78 Å². The zero-order chi connectivity index (χ0) is 15.9. The molecule has 1 aromatic carbocycles. The van der Waals surface area contributed by atoms with Crippen molar-refractivity contribution in [3.05, 3.63) is 46.8 Å². The van der Waals surface area contributed by atoms with Crippen LogP contribution in [0.5, 0.6) is 0 Å². The second kappa shape index (κ2) is 4.99. The number of benzene rings is 1. The standard InChI is InChI=1S/C17H18N4O/c1-11-15(12(2)21(3)20-11)16(22)19-14-6-4-13(5-7-14)17(10-18)8-9-17/h4-7H,8-9H2,1-3H3,(H,19,22). The van der Waals surface area contributed by atoms with Crippen LogP contribution in [0, 0.1) is 25.2 Å². The number of rotatable bonds is 3. The number of aryl methyl sites for hydroxylation is 2. The zero-order valence-electron chi connectivity index (χ0n) is 13.0. The fourth-order valence-electron chi connectivity index (χ4n) is 2.76. The lowest BCUT2D eigenvalue weighted by Crippen LogP contribution is -2.14. The van der Waals surface area contributed by atoms with E-state index in [2.05, 4.69) is 16.5 Å². The van der Waals surface area contributed by atoms with Gasteiger partial charge in [-0.2, -0.15) is 10.4 Å². The Balaban J connectivity index is 1.79. The van der Waals surface area contributed by atoms with E-state index < -0.39 is 0 Å². The van der Waals surface area contributed by atoms with Crippen molar-refractivity contribution in [2.24, 2.45) is 7.05 Å². The molecule has 1 fully saturated rings. The maximum absolute atomic E-state index is 12.4. The van der Waals surface area contributed by atoms with Crippen molar-refractivity contribution < 1.29 is 4.79 Å². The average molecular weight is 294 g/mol. The van der Waals surface area contributed by atoms with Crippen molar-refractivity contribution in [2.75, 3.05) is 5.32 Å². The molecule has 0 aliphatic heterocycles. The van der Waals surface area contributed by atoms with Crippen LogP contribution < -0.4 is 5.32 Å². The summed E-state index contributed by atoms with van der Waals surface area (Å²) in [5.41, 5.74) is 3.64. The van der Waals surface area contributed by atoms with Crippen LogP contribution in [0.2, 0.25) is 0 Å². The lowest BCUT2D eigenvalue weighted by atomic mass is 9.97. The van der Waals surface area contributed by atoms with Crippen LogP contribution in [0.25, 0.3) is 0 Å². The van der Waals surface area contributed by atoms with Crippen molar-refractivity contribution in [2.45, 2.75) is 32.1 Å². The van der Waals surface area contributed by atoms with Crippen LogP contribution in [-0.4, -0.2) is 15.7 Å². The molecule has 0 unspecified atom stereocenters. The third-order valence-electron chi connectivity index (χ3n) is 4.40. The Morgan fingerprint density at radius 2 is 1.95 bits per heavy atom. The fourth-order valence-corrected chi connectivity index (χ4v) is 2.76. The summed E-state index contributed by atoms with van der Waals surface area (Å²) >= 11 is 0. The molecule has 2 aromatic rings. The molecular formula is C17H18N4O. The minimum absolute atomic E-state index is 0.155. The number of amides is 1. The highest BCUT2D eigenvalue weighted by atomic mass is 16.1. The number of anilines is 1. The molecule has 1 aliphatic rings. The van der Waals surface area contributed by atoms with Crippen LogP contribution in [0.15, 0.2) is 24.3 Å². The molecule has 112 valence electrons. The molecule has 0 bridgehead atoms. The molecular weight excluding hydrogens is 276 g/mol. The highest BCUT2D eigenvalue weighted by molar-refractivity contribution is 6.05. The fraction of sp³-hybridized carbons (Fsp3) is 0.353. The summed E-state index contributed by atoms with van der Waals surface area (Å²) in [6.45, 7) is 3.70. The molecule has 0 atom stereocenters. The van der Waals surface area contributed by atoms with E-state index in [9.17, 15) is 10.1 Å². The van der Waals surface area contributed by atoms with Gasteiger partial charge in [-0.3, -0.25) is 9.48 Å². The molecule has 0 saturated heterocycles. The molecule has 1 amide bonds. The summed E-state index contributed by atoms with van der Waals surface area (Å²) in [5.74, 6) is -0.155. The van der Waals surface area contributed by atoms with Crippen LogP contribution >= 0.6 is 0 Å². The quantitative estimate of drug-likeness (QED) is 0.946. The first kappa shape index (κ1) is 14.3. The lowest BCUT2D eigenvalue weighted by molar-refractivity contribution is 0.102. The number of nitriles is 1. The van der Waals surface area contributed by atoms with E-state index in [4.69, 9.17) is 0 Å². The summed E-state index contributed by atoms with van der Waals surface area (Å²) in [6.07, 6.45) is 1.84. The van der Waals surface area contributed by atoms with Crippen molar-refractivity contribution >= 4 is 11.6 Å². The van der Waals surface area contributed by atoms with E-state index in [-0.39, 0.29) is 11.3 Å². The molecule has 1 heterocycles. The van der Waals surface area contributed by atoms with Gasteiger partial charge < -0.3 is 5.32 Å². The van der Waals surface area contributed by atoms with Gasteiger partial charge in [0.05, 0.1) is 22.7 Å². The van der Waals surface area contributed by atoms with E-state index in [1.54, 1.807) is 4.68 Å². The Morgan fingerprint density at radius 3 is 2.41 bits per heavy atom. The van der Waals surface area contributed by atoms with Gasteiger partial charge in [0, 0.05) is 18.4 Å². The molecule has 1 saturated carbocycles. The van der Waals surface area contributed by atoms with Gasteiger partial charge in [0.25, 0.3) is 5.91 Å². The number of aromatic nitrogens is 2. The maximum atomic E-state index is 12.4. The molecule has 22 heavy (non-hydrogen) atoms. The van der Waals surface area contributed by atoms with E-state index in [1.165, 1.54) is 0 Å². The molecule has 1 aromatic heterocycles. The topological polar surface area (TPSA) is 70.7 Å². The van der Waals surface area contributed by atoms with Gasteiger partial charge in [-0.1, -0.05) is 12.1 Å². The second-order valence-electron chi connectivity index (χ2n) is 5.89. The van der Waals surface area contributed by atoms with Gasteiger partial charge in [0.2, 0.25) is 0 Å². The van der Waals surface area contributed by atoms with Crippen LogP contribution in [0.4, 0.5) is 5.69 Å². The third-order valence-corrected chi connectivity index (χ3v) is 4.40. The number of hydrogen-bond acceptors (Lipinski definition) is 3. The zero-order valence-corrected chi connectivity index (χ0v) is 13.0. The average Bonchev–Trinajstić information content (AvgIpc) is 3.24. The second-order valence-corrected chi connectivity index (χ2v) is 5.89. The monoisotopic (exact) mass is 294 g/mol. The predicted octanol–water partition coefficient (Wildman–Crippen LogP) is 2.84. The van der Waals surface area contributed by atoms with E-state index >= 15 is 0 Å². The molecule has 0 spiro atoms. The first-order valence-corrected chi connectivity index (χ1v) is 7.30. The van der Waals surface area contributed by atoms with Gasteiger partial charge in [-0.15, -0.1) is 0 Å². The molecule has 1 N–H and O–H groups in total. The SMILES string of the molecule is Cc1nn(C)c(C)c1C(=O)Nc1ccc(C2(C#N)CC2)cc1. The van der Waals surface area contributed by atoms with Gasteiger partial charge in [-0.25, -0.2) is 0 Å². The normalized spacial score (nSPS) is 15.2. The predicted molar refractivity (Wildman–Crippen MR) is 83.6 cm³/mol. The number of nitrogens with one attached hydrogen (secondary N) is 1. The van der Waals surface area contributed by atoms with Crippen LogP contribution in [0.3, 0.4) is 0 Å². The highest BCUT2D eigenvalue weighted by Crippen LogP contribution is 2.47. The first-order valence-electron chi connectivity index (χ1n) is 7.30. The van der Waals surface area contributed by atoms with Gasteiger partial charge in [-0.05, 0) is 44.4 Å². The van der Waals surface area contributed by atoms with E-state index in [0.717, 1.165) is 35.5 Å². The first-order chi connectivity index (χ1) is 10.5. The maximum Gasteiger partial charge on any atom is 0.259 e. The molecule has 5 heteroatoms. The van der Waals surface area contributed by atoms with Crippen LogP contribution in [-0.2, 0) is 12.5 Å². The van der Waals surface area contributed by atoms with Gasteiger partial charge in [0.1, 0.15) is 0 Å². The Labute approximate surface area is 129 Å². The lowest BCUT2D eigenvalue weighted by Gasteiger charge is -2.09. The smallest absolute Gasteiger partial charge is 0.259 e. The molecule has 3 rings (SSSR count). The summed E-state index contributed by atoms with van der Waals surface area (Å²) in [5, 5.41) is 16.4. The van der Waals surface area contributed by atoms with Crippen molar-refractivity contribution in [3.63, 3.8) is 0 Å². The largest absolute Gasteiger partial charge is 0.322 e. The molecule has 5 nitrogen and oxygen atoms in total. The summed E-state index contributed by atoms with van der Waals surface area (Å²) in [7, 11) is 1.82. The van der Waals surface area contributed by atoms with E-state index in [1.807, 2.05) is 45.2 Å². The number of nitrogens with zero attached hydrogens (tertiary/aromatic N) is 3. The van der Waals surface area contributed by atoms with Gasteiger partial charge in [0.15, 0.2) is 0 Å². The molecule has 0 radical (unpaired) electrons. The third kappa shape index (κ3) is 2.27. The summed E-state index contributed by atoms with van der Waals surface area (Å²) in [6, 6.07) is 9.93. The Hall–Kier alpha value is -2.61. The minimum Gasteiger partial charge on any atom is -0.322 e. The number of carbonyl (C=O) groups excluding carboxylic acids is 1. The summed E-state index contributed by atoms with van der Waals surface area (Å²) in [4.78, 5) is 12.4. The Kier molecular flexibility index (Phi) is 3.25. The van der Waals surface area contributed by atoms with E-state index in [0.29, 0.717) is 5.56 Å². The number of hydrogen-bond donors (Lipinski definition) is 1. The Bertz CT molecular complexity index is 776. The Morgan fingerprint density at radius 1 is 1.32 bits per heavy atom. The summed E-state index contributed by atoms with van der Waals surface area (Å²) < 4.78 is 1.71.